The van der Waals surface area contributed by atoms with Crippen LogP contribution < -0.4 is 19.6 Å². The van der Waals surface area contributed by atoms with Gasteiger partial charge in [0.1, 0.15) is 23.3 Å². The minimum Gasteiger partial charge on any atom is -0.496 e. The number of rotatable bonds is 9. The smallest absolute Gasteiger partial charge is 0.339 e. The topological polar surface area (TPSA) is 109 Å². The Morgan fingerprint density at radius 2 is 1.91 bits per heavy atom. The molecule has 9 nitrogen and oxygen atoms in total. The molecule has 1 aliphatic rings. The summed E-state index contributed by atoms with van der Waals surface area (Å²) in [6, 6.07) is 13.0. The van der Waals surface area contributed by atoms with E-state index in [4.69, 9.17) is 35.2 Å². The minimum absolute atomic E-state index is 0.171. The summed E-state index contributed by atoms with van der Waals surface area (Å²) in [5, 5.41) is 0.259. The van der Waals surface area contributed by atoms with E-state index in [1.54, 1.807) is 56.5 Å². The van der Waals surface area contributed by atoms with E-state index in [1.807, 2.05) is 19.1 Å². The van der Waals surface area contributed by atoms with Crippen molar-refractivity contribution in [3.63, 3.8) is 0 Å². The van der Waals surface area contributed by atoms with Crippen LogP contribution in [0.15, 0.2) is 78.5 Å². The molecular weight excluding hydrogens is 672 g/mol. The fourth-order valence-electron chi connectivity index (χ4n) is 4.99. The number of methoxy groups -OCH3 is 2. The maximum Gasteiger partial charge on any atom is 0.339 e. The van der Waals surface area contributed by atoms with Gasteiger partial charge in [0.05, 0.1) is 47.2 Å². The molecule has 3 heterocycles. The number of benzene rings is 2. The molecular formula is C32H28BrClN2O7S. The van der Waals surface area contributed by atoms with Gasteiger partial charge < -0.3 is 18.6 Å². The normalized spacial score (nSPS) is 14.7. The number of hydrogen-bond acceptors (Lipinski definition) is 9. The summed E-state index contributed by atoms with van der Waals surface area (Å²) in [6.45, 7) is 3.91. The number of carbonyl (C=O) groups is 2. The van der Waals surface area contributed by atoms with Crippen LogP contribution in [0.4, 0.5) is 0 Å². The van der Waals surface area contributed by atoms with Gasteiger partial charge in [-0.3, -0.25) is 9.36 Å². The third-order valence-electron chi connectivity index (χ3n) is 6.93. The van der Waals surface area contributed by atoms with Gasteiger partial charge in [-0.1, -0.05) is 52.2 Å². The van der Waals surface area contributed by atoms with E-state index in [0.717, 1.165) is 10.9 Å². The van der Waals surface area contributed by atoms with Gasteiger partial charge in [-0.15, -0.1) is 0 Å². The van der Waals surface area contributed by atoms with Gasteiger partial charge in [0.25, 0.3) is 5.56 Å². The quantitative estimate of drug-likeness (QED) is 0.196. The number of fused-ring (bicyclic) bond motifs is 1. The molecule has 5 rings (SSSR count). The van der Waals surface area contributed by atoms with Crippen molar-refractivity contribution in [1.29, 1.82) is 0 Å². The van der Waals surface area contributed by atoms with Crippen LogP contribution in [0.2, 0.25) is 5.02 Å². The van der Waals surface area contributed by atoms with Gasteiger partial charge in [0, 0.05) is 21.7 Å². The van der Waals surface area contributed by atoms with Crippen LogP contribution in [0.5, 0.6) is 5.75 Å². The van der Waals surface area contributed by atoms with Gasteiger partial charge in [-0.2, -0.15) is 0 Å². The van der Waals surface area contributed by atoms with Crippen molar-refractivity contribution in [3.8, 4) is 17.1 Å². The summed E-state index contributed by atoms with van der Waals surface area (Å²) in [4.78, 5) is 44.9. The number of carbonyl (C=O) groups excluding carboxylic acids is 2. The van der Waals surface area contributed by atoms with E-state index >= 15 is 0 Å². The van der Waals surface area contributed by atoms with Crippen LogP contribution in [-0.2, 0) is 14.3 Å². The fourth-order valence-corrected chi connectivity index (χ4v) is 6.57. The Morgan fingerprint density at radius 3 is 2.61 bits per heavy atom. The molecule has 2 aromatic carbocycles. The zero-order chi connectivity index (χ0) is 31.5. The van der Waals surface area contributed by atoms with Crippen molar-refractivity contribution < 1.29 is 28.2 Å². The second kappa shape index (κ2) is 13.4. The Hall–Kier alpha value is -3.93. The standard InChI is InChI=1S/C32H28BrClN2O7S/c1-5-7-23-27(31(39)42-6-2)28(21-15-18(33)9-12-25(21)40-3)36-29(37)26(44-32(36)35-23)16-19-10-13-24(43-19)17-8-11-22(34)20(14-17)30(38)41-4/h8-16,28H,5-7H2,1-4H3/b26-16+/t28-/m0/s1. The molecule has 44 heavy (non-hydrogen) atoms. The lowest BCUT2D eigenvalue weighted by atomic mass is 9.93. The van der Waals surface area contributed by atoms with Crippen molar-refractivity contribution in [3.05, 3.63) is 106 Å². The number of ether oxygens (including phenoxy) is 3. The molecule has 1 aliphatic heterocycles. The maximum absolute atomic E-state index is 14.1. The predicted octanol–water partition coefficient (Wildman–Crippen LogP) is 6.05. The number of thiazole rings is 1. The molecule has 0 spiro atoms. The van der Waals surface area contributed by atoms with Crippen LogP contribution in [0.3, 0.4) is 0 Å². The van der Waals surface area contributed by atoms with Crippen molar-refractivity contribution in [2.24, 2.45) is 4.99 Å². The summed E-state index contributed by atoms with van der Waals surface area (Å²) in [5.74, 6) is 0.293. The number of aromatic nitrogens is 1. The molecule has 1 atom stereocenters. The van der Waals surface area contributed by atoms with E-state index in [-0.39, 0.29) is 22.8 Å². The monoisotopic (exact) mass is 698 g/mol. The Kier molecular flexibility index (Phi) is 9.57. The minimum atomic E-state index is -0.834. The van der Waals surface area contributed by atoms with Gasteiger partial charge in [-0.25, -0.2) is 14.6 Å². The van der Waals surface area contributed by atoms with Crippen LogP contribution in [-0.4, -0.2) is 37.3 Å². The summed E-state index contributed by atoms with van der Waals surface area (Å²) in [6.07, 6.45) is 2.88. The average Bonchev–Trinajstić information content (AvgIpc) is 3.60. The van der Waals surface area contributed by atoms with Crippen LogP contribution >= 0.6 is 38.9 Å². The number of nitrogens with zero attached hydrogens (tertiary/aromatic N) is 2. The molecule has 0 fully saturated rings. The largest absolute Gasteiger partial charge is 0.496 e. The Labute approximate surface area is 270 Å². The van der Waals surface area contributed by atoms with Crippen molar-refractivity contribution >= 4 is 56.9 Å². The van der Waals surface area contributed by atoms with Gasteiger partial charge in [-0.05, 0) is 61.9 Å². The Morgan fingerprint density at radius 1 is 1.11 bits per heavy atom. The van der Waals surface area contributed by atoms with E-state index < -0.39 is 18.0 Å². The highest BCUT2D eigenvalue weighted by Gasteiger charge is 2.36. The lowest BCUT2D eigenvalue weighted by Gasteiger charge is -2.27. The molecule has 4 aromatic rings. The summed E-state index contributed by atoms with van der Waals surface area (Å²) in [7, 11) is 2.82. The highest BCUT2D eigenvalue weighted by atomic mass is 79.9. The van der Waals surface area contributed by atoms with Gasteiger partial charge >= 0.3 is 11.9 Å². The molecule has 0 radical (unpaired) electrons. The third kappa shape index (κ3) is 6.04. The van der Waals surface area contributed by atoms with Crippen LogP contribution in [0, 0.1) is 0 Å². The first-order chi connectivity index (χ1) is 21.2. The first-order valence-corrected chi connectivity index (χ1v) is 15.7. The van der Waals surface area contributed by atoms with Gasteiger partial charge in [0.15, 0.2) is 4.80 Å². The molecule has 228 valence electrons. The van der Waals surface area contributed by atoms with Crippen LogP contribution in [0.1, 0.15) is 54.4 Å². The molecule has 2 aromatic heterocycles. The lowest BCUT2D eigenvalue weighted by Crippen LogP contribution is -2.40. The van der Waals surface area contributed by atoms with E-state index in [2.05, 4.69) is 15.9 Å². The summed E-state index contributed by atoms with van der Waals surface area (Å²) < 4.78 is 24.6. The average molecular weight is 700 g/mol. The van der Waals surface area contributed by atoms with Crippen molar-refractivity contribution in [1.82, 2.24) is 4.57 Å². The number of furan rings is 1. The molecule has 0 saturated carbocycles. The third-order valence-corrected chi connectivity index (χ3v) is 8.74. The molecule has 12 heteroatoms. The highest BCUT2D eigenvalue weighted by Crippen LogP contribution is 2.38. The number of allylic oxidation sites excluding steroid dienone is 1. The summed E-state index contributed by atoms with van der Waals surface area (Å²) >= 11 is 10.9. The van der Waals surface area contributed by atoms with Gasteiger partial charge in [0.2, 0.25) is 0 Å². The second-order valence-electron chi connectivity index (χ2n) is 9.69. The number of halogens is 2. The first kappa shape index (κ1) is 31.5. The molecule has 0 N–H and O–H groups in total. The van der Waals surface area contributed by atoms with E-state index in [1.165, 1.54) is 23.0 Å². The molecule has 0 aliphatic carbocycles. The SMILES string of the molecule is CCCC1=C(C(=O)OCC)[C@H](c2cc(Br)ccc2OC)n2c(s/c(=C/c3ccc(-c4ccc(Cl)c(C(=O)OC)c4)o3)c2=O)=N1. The Bertz CT molecular complexity index is 1970. The fraction of sp³-hybridized carbons (Fsp3) is 0.250. The number of hydrogen-bond donors (Lipinski definition) is 0. The summed E-state index contributed by atoms with van der Waals surface area (Å²) in [5.41, 5.74) is 1.95. The Balaban J connectivity index is 1.67. The van der Waals surface area contributed by atoms with Crippen molar-refractivity contribution in [2.45, 2.75) is 32.7 Å². The molecule has 0 saturated heterocycles. The van der Waals surface area contributed by atoms with Crippen molar-refractivity contribution in [2.75, 3.05) is 20.8 Å². The first-order valence-electron chi connectivity index (χ1n) is 13.7. The predicted molar refractivity (Wildman–Crippen MR) is 171 cm³/mol. The zero-order valence-electron chi connectivity index (χ0n) is 24.3. The highest BCUT2D eigenvalue weighted by molar-refractivity contribution is 9.10. The zero-order valence-corrected chi connectivity index (χ0v) is 27.5. The van der Waals surface area contributed by atoms with E-state index in [0.29, 0.717) is 55.4 Å². The van der Waals surface area contributed by atoms with E-state index in [9.17, 15) is 14.4 Å². The molecule has 0 bridgehead atoms. The molecule has 0 unspecified atom stereocenters. The lowest BCUT2D eigenvalue weighted by molar-refractivity contribution is -0.139. The number of esters is 2. The van der Waals surface area contributed by atoms with Crippen LogP contribution in [0.25, 0.3) is 17.4 Å². The molecule has 0 amide bonds. The maximum atomic E-state index is 14.1. The second-order valence-corrected chi connectivity index (χ2v) is 12.0.